The molecule has 0 unspecified atom stereocenters. The van der Waals surface area contributed by atoms with Crippen LogP contribution in [0.1, 0.15) is 59.3 Å². The zero-order valence-corrected chi connectivity index (χ0v) is 16.2. The predicted octanol–water partition coefficient (Wildman–Crippen LogP) is 2.88. The first-order valence-electron chi connectivity index (χ1n) is 9.65. The second kappa shape index (κ2) is 7.88. The van der Waals surface area contributed by atoms with E-state index in [1.807, 2.05) is 22.4 Å². The van der Waals surface area contributed by atoms with Crippen molar-refractivity contribution in [2.75, 3.05) is 26.2 Å². The number of rotatable bonds is 4. The van der Waals surface area contributed by atoms with E-state index in [-0.39, 0.29) is 5.91 Å². The highest BCUT2D eigenvalue weighted by Crippen LogP contribution is 2.28. The molecule has 2 aliphatic rings. The Hall–Kier alpha value is -1.73. The quantitative estimate of drug-likeness (QED) is 0.827. The van der Waals surface area contributed by atoms with Gasteiger partial charge in [0.05, 0.1) is 11.4 Å². The van der Waals surface area contributed by atoms with Gasteiger partial charge in [0.25, 0.3) is 5.91 Å². The summed E-state index contributed by atoms with van der Waals surface area (Å²) in [6.07, 6.45) is 5.87. The highest BCUT2D eigenvalue weighted by molar-refractivity contribution is 7.12. The van der Waals surface area contributed by atoms with Crippen LogP contribution in [0.3, 0.4) is 0 Å². The molecule has 0 atom stereocenters. The average Bonchev–Trinajstić information content (AvgIpc) is 3.33. The highest BCUT2D eigenvalue weighted by Gasteiger charge is 2.28. The number of hydrogen-bond acceptors (Lipinski definition) is 5. The topological polar surface area (TPSA) is 54.3 Å². The van der Waals surface area contributed by atoms with Crippen molar-refractivity contribution in [3.63, 3.8) is 0 Å². The molecule has 0 radical (unpaired) electrons. The molecule has 6 nitrogen and oxygen atoms in total. The van der Waals surface area contributed by atoms with Crippen LogP contribution in [-0.2, 0) is 13.6 Å². The average molecular weight is 374 g/mol. The van der Waals surface area contributed by atoms with E-state index in [1.54, 1.807) is 0 Å². The summed E-state index contributed by atoms with van der Waals surface area (Å²) in [6, 6.07) is 3.85. The van der Waals surface area contributed by atoms with Crippen molar-refractivity contribution in [1.29, 1.82) is 0 Å². The number of nitrogens with zero attached hydrogens (tertiary/aromatic N) is 5. The molecule has 0 saturated carbocycles. The smallest absolute Gasteiger partial charge is 0.263 e. The third-order valence-electron chi connectivity index (χ3n) is 5.69. The maximum absolute atomic E-state index is 12.5. The van der Waals surface area contributed by atoms with Gasteiger partial charge in [0.2, 0.25) is 0 Å². The molecule has 0 aliphatic carbocycles. The zero-order chi connectivity index (χ0) is 17.9. The van der Waals surface area contributed by atoms with Gasteiger partial charge in [0.1, 0.15) is 11.6 Å². The van der Waals surface area contributed by atoms with Crippen LogP contribution in [0.25, 0.3) is 0 Å². The maximum Gasteiger partial charge on any atom is 0.263 e. The molecular formula is C19H27N5OS. The summed E-state index contributed by atoms with van der Waals surface area (Å²) in [7, 11) is 2.10. The lowest BCUT2D eigenvalue weighted by molar-refractivity contribution is 0.0715. The Morgan fingerprint density at radius 2 is 1.92 bits per heavy atom. The van der Waals surface area contributed by atoms with Crippen molar-refractivity contribution in [2.24, 2.45) is 7.05 Å². The van der Waals surface area contributed by atoms with Crippen molar-refractivity contribution in [3.05, 3.63) is 34.0 Å². The molecule has 0 bridgehead atoms. The lowest BCUT2D eigenvalue weighted by Gasteiger charge is -2.31. The molecule has 26 heavy (non-hydrogen) atoms. The van der Waals surface area contributed by atoms with Crippen LogP contribution in [0, 0.1) is 0 Å². The van der Waals surface area contributed by atoms with Gasteiger partial charge in [-0.1, -0.05) is 12.5 Å². The Balaban J connectivity index is 1.36. The standard InChI is InChI=1S/C19H27N5OS/c1-22-17(14-23-9-3-2-4-10-23)20-21-18(22)15-7-11-24(12-8-15)19(25)16-6-5-13-26-16/h5-6,13,15H,2-4,7-12,14H2,1H3. The van der Waals surface area contributed by atoms with Crippen LogP contribution in [0.15, 0.2) is 17.5 Å². The normalized spacial score (nSPS) is 19.8. The minimum absolute atomic E-state index is 0.169. The lowest BCUT2D eigenvalue weighted by Crippen LogP contribution is -2.38. The molecule has 140 valence electrons. The SMILES string of the molecule is Cn1c(CN2CCCCC2)nnc1C1CCN(C(=O)c2cccs2)CC1. The van der Waals surface area contributed by atoms with Crippen molar-refractivity contribution in [2.45, 2.75) is 44.6 Å². The van der Waals surface area contributed by atoms with Crippen LogP contribution in [-0.4, -0.2) is 56.7 Å². The third kappa shape index (κ3) is 3.69. The largest absolute Gasteiger partial charge is 0.338 e. The molecule has 7 heteroatoms. The van der Waals surface area contributed by atoms with Crippen molar-refractivity contribution < 1.29 is 4.79 Å². The minimum atomic E-state index is 0.169. The molecule has 2 aromatic rings. The Bertz CT molecular complexity index is 727. The lowest BCUT2D eigenvalue weighted by atomic mass is 9.96. The first-order chi connectivity index (χ1) is 12.7. The Morgan fingerprint density at radius 3 is 2.62 bits per heavy atom. The monoisotopic (exact) mass is 373 g/mol. The summed E-state index contributed by atoms with van der Waals surface area (Å²) in [5.74, 6) is 2.72. The van der Waals surface area contributed by atoms with Crippen LogP contribution in [0.2, 0.25) is 0 Å². The Kier molecular flexibility index (Phi) is 5.36. The predicted molar refractivity (Wildman–Crippen MR) is 102 cm³/mol. The molecule has 4 heterocycles. The fourth-order valence-corrected chi connectivity index (χ4v) is 4.77. The Morgan fingerprint density at radius 1 is 1.15 bits per heavy atom. The second-order valence-electron chi connectivity index (χ2n) is 7.41. The fourth-order valence-electron chi connectivity index (χ4n) is 4.08. The van der Waals surface area contributed by atoms with Gasteiger partial charge in [-0.3, -0.25) is 9.69 Å². The van der Waals surface area contributed by atoms with E-state index in [9.17, 15) is 4.79 Å². The van der Waals surface area contributed by atoms with Crippen LogP contribution >= 0.6 is 11.3 Å². The number of aromatic nitrogens is 3. The van der Waals surface area contributed by atoms with Crippen LogP contribution < -0.4 is 0 Å². The van der Waals surface area contributed by atoms with E-state index in [0.29, 0.717) is 5.92 Å². The van der Waals surface area contributed by atoms with Crippen molar-refractivity contribution in [3.8, 4) is 0 Å². The minimum Gasteiger partial charge on any atom is -0.338 e. The number of carbonyl (C=O) groups excluding carboxylic acids is 1. The fraction of sp³-hybridized carbons (Fsp3) is 0.632. The van der Waals surface area contributed by atoms with Gasteiger partial charge < -0.3 is 9.47 Å². The molecule has 4 rings (SSSR count). The van der Waals surface area contributed by atoms with Crippen molar-refractivity contribution >= 4 is 17.2 Å². The van der Waals surface area contributed by atoms with E-state index >= 15 is 0 Å². The molecule has 2 aromatic heterocycles. The maximum atomic E-state index is 12.5. The Labute approximate surface area is 158 Å². The second-order valence-corrected chi connectivity index (χ2v) is 8.36. The third-order valence-corrected chi connectivity index (χ3v) is 6.55. The molecule has 0 aromatic carbocycles. The molecule has 2 aliphatic heterocycles. The first-order valence-corrected chi connectivity index (χ1v) is 10.5. The highest BCUT2D eigenvalue weighted by atomic mass is 32.1. The number of carbonyl (C=O) groups is 1. The molecule has 2 fully saturated rings. The number of likely N-dealkylation sites (tertiary alicyclic amines) is 2. The van der Waals surface area contributed by atoms with E-state index in [1.165, 1.54) is 43.7 Å². The van der Waals surface area contributed by atoms with E-state index < -0.39 is 0 Å². The van der Waals surface area contributed by atoms with Crippen molar-refractivity contribution in [1.82, 2.24) is 24.6 Å². The van der Waals surface area contributed by atoms with Gasteiger partial charge in [-0.25, -0.2) is 0 Å². The van der Waals surface area contributed by atoms with Crippen LogP contribution in [0.4, 0.5) is 0 Å². The van der Waals surface area contributed by atoms with Gasteiger partial charge >= 0.3 is 0 Å². The molecule has 0 N–H and O–H groups in total. The van der Waals surface area contributed by atoms with Gasteiger partial charge in [0, 0.05) is 26.1 Å². The van der Waals surface area contributed by atoms with Crippen LogP contribution in [0.5, 0.6) is 0 Å². The zero-order valence-electron chi connectivity index (χ0n) is 15.4. The summed E-state index contributed by atoms with van der Waals surface area (Å²) < 4.78 is 2.19. The summed E-state index contributed by atoms with van der Waals surface area (Å²) in [5, 5.41) is 10.9. The number of thiophene rings is 1. The molecule has 2 saturated heterocycles. The van der Waals surface area contributed by atoms with Gasteiger partial charge in [-0.05, 0) is 50.2 Å². The number of piperidine rings is 2. The molecule has 0 spiro atoms. The van der Waals surface area contributed by atoms with E-state index in [4.69, 9.17) is 0 Å². The van der Waals surface area contributed by atoms with Gasteiger partial charge in [-0.15, -0.1) is 21.5 Å². The van der Waals surface area contributed by atoms with E-state index in [2.05, 4.69) is 26.7 Å². The molecular weight excluding hydrogens is 346 g/mol. The first kappa shape index (κ1) is 17.7. The van der Waals surface area contributed by atoms with Gasteiger partial charge in [0.15, 0.2) is 0 Å². The summed E-state index contributed by atoms with van der Waals surface area (Å²) in [4.78, 5) is 17.8. The summed E-state index contributed by atoms with van der Waals surface area (Å²) in [6.45, 7) is 4.85. The van der Waals surface area contributed by atoms with Gasteiger partial charge in [-0.2, -0.15) is 0 Å². The summed E-state index contributed by atoms with van der Waals surface area (Å²) in [5.41, 5.74) is 0. The summed E-state index contributed by atoms with van der Waals surface area (Å²) >= 11 is 1.52. The van der Waals surface area contributed by atoms with E-state index in [0.717, 1.165) is 49.0 Å². The number of hydrogen-bond donors (Lipinski definition) is 0. The number of amides is 1. The molecule has 1 amide bonds.